The van der Waals surface area contributed by atoms with Gasteiger partial charge in [-0.15, -0.1) is 5.10 Å². The minimum absolute atomic E-state index is 0.400. The van der Waals surface area contributed by atoms with E-state index in [0.717, 1.165) is 43.1 Å². The summed E-state index contributed by atoms with van der Waals surface area (Å²) in [5, 5.41) is 19.1. The third kappa shape index (κ3) is 3.37. The predicted octanol–water partition coefficient (Wildman–Crippen LogP) is 4.48. The average molecular weight is 414 g/mol. The summed E-state index contributed by atoms with van der Waals surface area (Å²) >= 11 is 0. The lowest BCUT2D eigenvalue weighted by molar-refractivity contribution is -0.123. The summed E-state index contributed by atoms with van der Waals surface area (Å²) in [5.74, 6) is 4.73. The van der Waals surface area contributed by atoms with Crippen molar-refractivity contribution < 1.29 is 9.84 Å². The fourth-order valence-corrected chi connectivity index (χ4v) is 8.67. The van der Waals surface area contributed by atoms with Gasteiger partial charge in [0.25, 0.3) is 0 Å². The van der Waals surface area contributed by atoms with Gasteiger partial charge in [0, 0.05) is 13.3 Å². The van der Waals surface area contributed by atoms with E-state index in [-0.39, 0.29) is 0 Å². The molecule has 0 amide bonds. The first-order valence-electron chi connectivity index (χ1n) is 12.2. The van der Waals surface area contributed by atoms with E-state index in [1.54, 1.807) is 13.3 Å². The number of aromatic nitrogens is 3. The summed E-state index contributed by atoms with van der Waals surface area (Å²) in [6.07, 6.45) is 14.8. The summed E-state index contributed by atoms with van der Waals surface area (Å²) in [5.41, 5.74) is 1.17. The molecule has 5 heteroatoms. The van der Waals surface area contributed by atoms with Gasteiger partial charge in [0.1, 0.15) is 0 Å². The zero-order valence-corrected chi connectivity index (χ0v) is 18.8. The SMILES string of the molecule is C=C(Cn1ccnn1)[C@H]1CC[C@H]2[C@@H]3CC[C@H]4C[C@@](O)(COC)CC[C@@H]4[C@H]3CC[C@]12C. The Hall–Kier alpha value is -1.20. The van der Waals surface area contributed by atoms with E-state index >= 15 is 0 Å². The van der Waals surface area contributed by atoms with Crippen molar-refractivity contribution in [3.05, 3.63) is 24.5 Å². The van der Waals surface area contributed by atoms with Crippen LogP contribution in [0.5, 0.6) is 0 Å². The van der Waals surface area contributed by atoms with Crippen LogP contribution in [0.25, 0.3) is 0 Å². The van der Waals surface area contributed by atoms with E-state index in [4.69, 9.17) is 4.74 Å². The molecule has 1 aromatic heterocycles. The monoisotopic (exact) mass is 413 g/mol. The van der Waals surface area contributed by atoms with Crippen molar-refractivity contribution in [1.82, 2.24) is 15.0 Å². The third-order valence-electron chi connectivity index (χ3n) is 9.85. The fraction of sp³-hybridized carbons (Fsp3) is 0.840. The lowest BCUT2D eigenvalue weighted by atomic mass is 9.48. The van der Waals surface area contributed by atoms with Crippen molar-refractivity contribution in [2.75, 3.05) is 13.7 Å². The van der Waals surface area contributed by atoms with Crippen LogP contribution in [0.3, 0.4) is 0 Å². The van der Waals surface area contributed by atoms with E-state index < -0.39 is 5.60 Å². The molecular weight excluding hydrogens is 374 g/mol. The molecule has 1 heterocycles. The maximum Gasteiger partial charge on any atom is 0.0882 e. The van der Waals surface area contributed by atoms with Crippen LogP contribution in [0.4, 0.5) is 0 Å². The summed E-state index contributed by atoms with van der Waals surface area (Å²) in [4.78, 5) is 0. The number of hydrogen-bond donors (Lipinski definition) is 1. The van der Waals surface area contributed by atoms with Crippen LogP contribution >= 0.6 is 0 Å². The Morgan fingerprint density at radius 1 is 1.13 bits per heavy atom. The van der Waals surface area contributed by atoms with Gasteiger partial charge >= 0.3 is 0 Å². The molecule has 5 nitrogen and oxygen atoms in total. The highest BCUT2D eigenvalue weighted by Gasteiger charge is 2.58. The lowest BCUT2D eigenvalue weighted by Crippen LogP contribution is -2.52. The van der Waals surface area contributed by atoms with Gasteiger partial charge in [-0.25, -0.2) is 4.68 Å². The van der Waals surface area contributed by atoms with E-state index in [1.807, 2.05) is 10.9 Å². The zero-order chi connectivity index (χ0) is 20.9. The Kier molecular flexibility index (Phi) is 5.34. The second-order valence-electron chi connectivity index (χ2n) is 11.3. The highest BCUT2D eigenvalue weighted by Crippen LogP contribution is 2.65. The number of allylic oxidation sites excluding steroid dienone is 1. The van der Waals surface area contributed by atoms with Gasteiger partial charge in [-0.3, -0.25) is 0 Å². The van der Waals surface area contributed by atoms with Gasteiger partial charge in [0.15, 0.2) is 0 Å². The average Bonchev–Trinajstić information content (AvgIpc) is 3.34. The van der Waals surface area contributed by atoms with Crippen molar-refractivity contribution >= 4 is 0 Å². The Labute approximate surface area is 181 Å². The first kappa shape index (κ1) is 20.7. The van der Waals surface area contributed by atoms with Crippen molar-refractivity contribution in [2.24, 2.45) is 40.9 Å². The number of fused-ring (bicyclic) bond motifs is 5. The summed E-state index contributed by atoms with van der Waals surface area (Å²) in [6, 6.07) is 0. The maximum atomic E-state index is 11.0. The highest BCUT2D eigenvalue weighted by molar-refractivity contribution is 5.15. The molecule has 166 valence electrons. The number of nitrogens with zero attached hydrogens (tertiary/aromatic N) is 3. The number of hydrogen-bond acceptors (Lipinski definition) is 4. The van der Waals surface area contributed by atoms with Gasteiger partial charge in [-0.1, -0.05) is 24.3 Å². The molecule has 0 unspecified atom stereocenters. The molecule has 1 aromatic rings. The summed E-state index contributed by atoms with van der Waals surface area (Å²) < 4.78 is 7.27. The molecule has 0 radical (unpaired) electrons. The number of ether oxygens (including phenoxy) is 1. The van der Waals surface area contributed by atoms with Crippen LogP contribution in [-0.4, -0.2) is 39.4 Å². The minimum atomic E-state index is -0.580. The van der Waals surface area contributed by atoms with Crippen molar-refractivity contribution in [1.29, 1.82) is 0 Å². The van der Waals surface area contributed by atoms with Gasteiger partial charge in [0.05, 0.1) is 24.9 Å². The van der Waals surface area contributed by atoms with Crippen LogP contribution in [0, 0.1) is 40.9 Å². The molecule has 0 saturated heterocycles. The second kappa shape index (κ2) is 7.74. The van der Waals surface area contributed by atoms with E-state index in [9.17, 15) is 5.11 Å². The Morgan fingerprint density at radius 3 is 2.73 bits per heavy atom. The van der Waals surface area contributed by atoms with Gasteiger partial charge in [0.2, 0.25) is 0 Å². The fourth-order valence-electron chi connectivity index (χ4n) is 8.67. The van der Waals surface area contributed by atoms with Crippen molar-refractivity contribution in [3.8, 4) is 0 Å². The van der Waals surface area contributed by atoms with Crippen LogP contribution in [-0.2, 0) is 11.3 Å². The lowest BCUT2D eigenvalue weighted by Gasteiger charge is -2.57. The molecule has 4 aliphatic rings. The molecule has 30 heavy (non-hydrogen) atoms. The van der Waals surface area contributed by atoms with Gasteiger partial charge in [-0.05, 0) is 98.7 Å². The van der Waals surface area contributed by atoms with Crippen molar-refractivity contribution in [3.63, 3.8) is 0 Å². The van der Waals surface area contributed by atoms with E-state index in [1.165, 1.54) is 50.5 Å². The molecule has 0 aromatic carbocycles. The first-order valence-corrected chi connectivity index (χ1v) is 12.2. The minimum Gasteiger partial charge on any atom is -0.387 e. The standard InChI is InChI=1S/C25H39N3O2/c1-17(15-28-13-12-26-27-28)22-6-7-23-21-5-4-18-14-25(29,16-30-3)11-9-19(18)20(21)8-10-24(22,23)2/h12-13,18-23,29H,1,4-11,14-16H2,2-3H3/t18-,19-,20+,21+,22+,23-,24+,25+/m0/s1. The largest absolute Gasteiger partial charge is 0.387 e. The van der Waals surface area contributed by atoms with Gasteiger partial charge < -0.3 is 9.84 Å². The summed E-state index contributed by atoms with van der Waals surface area (Å²) in [6.45, 7) is 8.40. The molecule has 0 bridgehead atoms. The van der Waals surface area contributed by atoms with Crippen LogP contribution in [0.1, 0.15) is 64.7 Å². The number of methoxy groups -OCH3 is 1. The molecule has 4 saturated carbocycles. The van der Waals surface area contributed by atoms with Crippen LogP contribution in [0.2, 0.25) is 0 Å². The molecule has 4 fully saturated rings. The molecule has 1 N–H and O–H groups in total. The molecule has 8 atom stereocenters. The molecule has 4 aliphatic carbocycles. The van der Waals surface area contributed by atoms with E-state index in [0.29, 0.717) is 23.9 Å². The molecular formula is C25H39N3O2. The van der Waals surface area contributed by atoms with Crippen LogP contribution in [0.15, 0.2) is 24.5 Å². The Balaban J connectivity index is 1.29. The Morgan fingerprint density at radius 2 is 1.97 bits per heavy atom. The quantitative estimate of drug-likeness (QED) is 0.723. The maximum absolute atomic E-state index is 11.0. The number of rotatable bonds is 5. The smallest absolute Gasteiger partial charge is 0.0882 e. The second-order valence-corrected chi connectivity index (χ2v) is 11.3. The van der Waals surface area contributed by atoms with E-state index in [2.05, 4.69) is 23.8 Å². The highest BCUT2D eigenvalue weighted by atomic mass is 16.5. The first-order chi connectivity index (χ1) is 14.4. The molecule has 0 aliphatic heterocycles. The normalized spacial score (nSPS) is 45.4. The van der Waals surface area contributed by atoms with Crippen molar-refractivity contribution in [2.45, 2.75) is 76.9 Å². The van der Waals surface area contributed by atoms with Gasteiger partial charge in [-0.2, -0.15) is 0 Å². The molecule has 0 spiro atoms. The number of aliphatic hydroxyl groups is 1. The third-order valence-corrected chi connectivity index (χ3v) is 9.85. The molecule has 5 rings (SSSR count). The van der Waals surface area contributed by atoms with Crippen LogP contribution < -0.4 is 0 Å². The Bertz CT molecular complexity index is 764. The predicted molar refractivity (Wildman–Crippen MR) is 117 cm³/mol. The zero-order valence-electron chi connectivity index (χ0n) is 18.8. The topological polar surface area (TPSA) is 60.2 Å². The summed E-state index contributed by atoms with van der Waals surface area (Å²) in [7, 11) is 1.72.